The number of carbonyl (C=O) groups excluding carboxylic acids is 1. The molecule has 0 heterocycles. The predicted molar refractivity (Wildman–Crippen MR) is 88.5 cm³/mol. The zero-order valence-corrected chi connectivity index (χ0v) is 14.2. The number of carbonyl (C=O) groups is 1. The Kier molecular flexibility index (Phi) is 8.55. The monoisotopic (exact) mass is 314 g/mol. The Morgan fingerprint density at radius 1 is 1.33 bits per heavy atom. The molecular formula is C16H27ClN2O2. The van der Waals surface area contributed by atoms with Crippen LogP contribution in [0, 0.1) is 5.41 Å². The Hall–Kier alpha value is -1.10. The molecule has 0 aromatic heterocycles. The van der Waals surface area contributed by atoms with E-state index in [0.29, 0.717) is 19.7 Å². The van der Waals surface area contributed by atoms with E-state index in [1.54, 1.807) is 11.9 Å². The molecule has 0 aliphatic heterocycles. The van der Waals surface area contributed by atoms with Crippen LogP contribution in [0.15, 0.2) is 30.3 Å². The zero-order chi connectivity index (χ0) is 15.2. The summed E-state index contributed by atoms with van der Waals surface area (Å²) in [6, 6.07) is 9.59. The lowest BCUT2D eigenvalue weighted by atomic mass is 9.93. The average Bonchev–Trinajstić information content (AvgIpc) is 2.44. The molecule has 0 saturated carbocycles. The first-order valence-electron chi connectivity index (χ1n) is 7.03. The number of nitrogens with zero attached hydrogens (tertiary/aromatic N) is 1. The smallest absolute Gasteiger partial charge is 0.256 e. The quantitative estimate of drug-likeness (QED) is 0.841. The molecule has 5 heteroatoms. The van der Waals surface area contributed by atoms with Crippen molar-refractivity contribution >= 4 is 18.3 Å². The van der Waals surface area contributed by atoms with Gasteiger partial charge in [-0.05, 0) is 24.4 Å². The third-order valence-electron chi connectivity index (χ3n) is 3.25. The molecule has 2 N–H and O–H groups in total. The van der Waals surface area contributed by atoms with E-state index in [-0.39, 0.29) is 23.7 Å². The SMILES string of the molecule is CCOC(C(=O)N(C)CC(C)(C)CN)c1ccccc1.Cl. The lowest BCUT2D eigenvalue weighted by Crippen LogP contribution is -2.42. The first kappa shape index (κ1) is 19.9. The Labute approximate surface area is 134 Å². The van der Waals surface area contributed by atoms with Crippen molar-refractivity contribution in [2.75, 3.05) is 26.7 Å². The van der Waals surface area contributed by atoms with Crippen LogP contribution in [-0.4, -0.2) is 37.6 Å². The number of ether oxygens (including phenoxy) is 1. The van der Waals surface area contributed by atoms with Gasteiger partial charge < -0.3 is 15.4 Å². The molecule has 1 unspecified atom stereocenters. The van der Waals surface area contributed by atoms with Crippen LogP contribution in [0.1, 0.15) is 32.4 Å². The highest BCUT2D eigenvalue weighted by Gasteiger charge is 2.27. The Bertz CT molecular complexity index is 424. The van der Waals surface area contributed by atoms with Crippen LogP contribution in [0.3, 0.4) is 0 Å². The van der Waals surface area contributed by atoms with Gasteiger partial charge in [0, 0.05) is 20.2 Å². The van der Waals surface area contributed by atoms with Crippen molar-refractivity contribution in [1.29, 1.82) is 0 Å². The number of hydrogen-bond acceptors (Lipinski definition) is 3. The average molecular weight is 315 g/mol. The van der Waals surface area contributed by atoms with E-state index in [1.807, 2.05) is 37.3 Å². The fourth-order valence-corrected chi connectivity index (χ4v) is 2.09. The van der Waals surface area contributed by atoms with E-state index in [2.05, 4.69) is 13.8 Å². The van der Waals surface area contributed by atoms with Crippen LogP contribution in [0.2, 0.25) is 0 Å². The maximum atomic E-state index is 12.6. The predicted octanol–water partition coefficient (Wildman–Crippen LogP) is 2.63. The second kappa shape index (κ2) is 9.03. The van der Waals surface area contributed by atoms with Crippen LogP contribution < -0.4 is 5.73 Å². The molecule has 1 rings (SSSR count). The fraction of sp³-hybridized carbons (Fsp3) is 0.562. The summed E-state index contributed by atoms with van der Waals surface area (Å²) in [7, 11) is 1.80. The minimum absolute atomic E-state index is 0. The van der Waals surface area contributed by atoms with E-state index in [9.17, 15) is 4.79 Å². The third-order valence-corrected chi connectivity index (χ3v) is 3.25. The number of hydrogen-bond donors (Lipinski definition) is 1. The van der Waals surface area contributed by atoms with E-state index in [0.717, 1.165) is 5.56 Å². The van der Waals surface area contributed by atoms with Gasteiger partial charge in [0.2, 0.25) is 0 Å². The third kappa shape index (κ3) is 6.04. The van der Waals surface area contributed by atoms with Crippen molar-refractivity contribution in [2.45, 2.75) is 26.9 Å². The second-order valence-electron chi connectivity index (χ2n) is 5.81. The molecule has 4 nitrogen and oxygen atoms in total. The van der Waals surface area contributed by atoms with Crippen molar-refractivity contribution in [1.82, 2.24) is 4.90 Å². The van der Waals surface area contributed by atoms with Gasteiger partial charge in [0.05, 0.1) is 0 Å². The molecule has 0 aliphatic carbocycles. The van der Waals surface area contributed by atoms with Gasteiger partial charge in [0.1, 0.15) is 0 Å². The molecule has 0 saturated heterocycles. The van der Waals surface area contributed by atoms with Gasteiger partial charge >= 0.3 is 0 Å². The second-order valence-corrected chi connectivity index (χ2v) is 5.81. The molecule has 1 amide bonds. The number of nitrogens with two attached hydrogens (primary N) is 1. The number of halogens is 1. The maximum Gasteiger partial charge on any atom is 0.256 e. The molecular weight excluding hydrogens is 288 g/mol. The minimum atomic E-state index is -0.542. The van der Waals surface area contributed by atoms with Gasteiger partial charge in [-0.25, -0.2) is 0 Å². The van der Waals surface area contributed by atoms with Gasteiger partial charge in [0.15, 0.2) is 6.10 Å². The molecule has 0 fully saturated rings. The summed E-state index contributed by atoms with van der Waals surface area (Å²) < 4.78 is 5.64. The molecule has 1 atom stereocenters. The summed E-state index contributed by atoms with van der Waals surface area (Å²) in [5.74, 6) is -0.0282. The van der Waals surface area contributed by atoms with Crippen molar-refractivity contribution in [3.05, 3.63) is 35.9 Å². The summed E-state index contributed by atoms with van der Waals surface area (Å²) in [5, 5.41) is 0. The number of amides is 1. The highest BCUT2D eigenvalue weighted by molar-refractivity contribution is 5.85. The normalized spacial score (nSPS) is 12.4. The van der Waals surface area contributed by atoms with Crippen molar-refractivity contribution in [3.63, 3.8) is 0 Å². The van der Waals surface area contributed by atoms with E-state index in [1.165, 1.54) is 0 Å². The molecule has 0 radical (unpaired) electrons. The molecule has 0 aliphatic rings. The van der Waals surface area contributed by atoms with Gasteiger partial charge in [-0.3, -0.25) is 4.79 Å². The largest absolute Gasteiger partial charge is 0.364 e. The Morgan fingerprint density at radius 2 is 1.90 bits per heavy atom. The standard InChI is InChI=1S/C16H26N2O2.ClH/c1-5-20-14(13-9-7-6-8-10-13)15(19)18(4)12-16(2,3)11-17;/h6-10,14H,5,11-12,17H2,1-4H3;1H. The molecule has 120 valence electrons. The van der Waals surface area contributed by atoms with Crippen molar-refractivity contribution in [3.8, 4) is 0 Å². The Morgan fingerprint density at radius 3 is 2.38 bits per heavy atom. The fourth-order valence-electron chi connectivity index (χ4n) is 2.09. The molecule has 0 bridgehead atoms. The lowest BCUT2D eigenvalue weighted by Gasteiger charge is -2.31. The van der Waals surface area contributed by atoms with Gasteiger partial charge in [-0.2, -0.15) is 0 Å². The number of likely N-dealkylation sites (N-methyl/N-ethyl adjacent to an activating group) is 1. The summed E-state index contributed by atoms with van der Waals surface area (Å²) in [4.78, 5) is 14.3. The summed E-state index contributed by atoms with van der Waals surface area (Å²) in [6.07, 6.45) is -0.542. The summed E-state index contributed by atoms with van der Waals surface area (Å²) in [5.41, 5.74) is 6.52. The van der Waals surface area contributed by atoms with Crippen LogP contribution in [0.25, 0.3) is 0 Å². The first-order chi connectivity index (χ1) is 9.41. The summed E-state index contributed by atoms with van der Waals surface area (Å²) >= 11 is 0. The van der Waals surface area contributed by atoms with Crippen LogP contribution in [-0.2, 0) is 9.53 Å². The van der Waals surface area contributed by atoms with E-state index >= 15 is 0 Å². The number of benzene rings is 1. The summed E-state index contributed by atoms with van der Waals surface area (Å²) in [6.45, 7) is 7.64. The van der Waals surface area contributed by atoms with Gasteiger partial charge in [0.25, 0.3) is 5.91 Å². The zero-order valence-electron chi connectivity index (χ0n) is 13.3. The Balaban J connectivity index is 0.00000400. The van der Waals surface area contributed by atoms with Crippen molar-refractivity contribution in [2.24, 2.45) is 11.1 Å². The van der Waals surface area contributed by atoms with Crippen LogP contribution >= 0.6 is 12.4 Å². The van der Waals surface area contributed by atoms with Gasteiger partial charge in [-0.15, -0.1) is 12.4 Å². The van der Waals surface area contributed by atoms with Crippen LogP contribution in [0.4, 0.5) is 0 Å². The molecule has 1 aromatic carbocycles. The maximum absolute atomic E-state index is 12.6. The molecule has 21 heavy (non-hydrogen) atoms. The highest BCUT2D eigenvalue weighted by atomic mass is 35.5. The van der Waals surface area contributed by atoms with Crippen LogP contribution in [0.5, 0.6) is 0 Å². The molecule has 0 spiro atoms. The minimum Gasteiger partial charge on any atom is -0.364 e. The number of rotatable bonds is 7. The first-order valence-corrected chi connectivity index (χ1v) is 7.03. The van der Waals surface area contributed by atoms with Crippen molar-refractivity contribution < 1.29 is 9.53 Å². The van der Waals surface area contributed by atoms with E-state index in [4.69, 9.17) is 10.5 Å². The highest BCUT2D eigenvalue weighted by Crippen LogP contribution is 2.22. The lowest BCUT2D eigenvalue weighted by molar-refractivity contribution is -0.143. The van der Waals surface area contributed by atoms with E-state index < -0.39 is 6.10 Å². The topological polar surface area (TPSA) is 55.6 Å². The molecule has 1 aromatic rings. The van der Waals surface area contributed by atoms with Gasteiger partial charge in [-0.1, -0.05) is 44.2 Å².